The molecule has 0 aromatic heterocycles. The smallest absolute Gasteiger partial charge is 0.374 e. The molecule has 0 bridgehead atoms. The van der Waals surface area contributed by atoms with E-state index in [0.29, 0.717) is 19.8 Å². The maximum atomic E-state index is 5.94. The molecule has 0 aromatic rings. The van der Waals surface area contributed by atoms with Crippen molar-refractivity contribution in [3.63, 3.8) is 0 Å². The Morgan fingerprint density at radius 3 is 1.85 bits per heavy atom. The molecule has 20 heavy (non-hydrogen) atoms. The van der Waals surface area contributed by atoms with Crippen molar-refractivity contribution >= 4 is 15.0 Å². The lowest BCUT2D eigenvalue weighted by molar-refractivity contribution is 0.0609. The summed E-state index contributed by atoms with van der Waals surface area (Å²) in [4.78, 5) is 4.58. The summed E-state index contributed by atoms with van der Waals surface area (Å²) in [7, 11) is -2.58. The predicted octanol–water partition coefficient (Wildman–Crippen LogP) is 4.07. The monoisotopic (exact) mass is 303 g/mol. The van der Waals surface area contributed by atoms with Crippen molar-refractivity contribution in [1.82, 2.24) is 0 Å². The van der Waals surface area contributed by atoms with Gasteiger partial charge in [-0.2, -0.15) is 0 Å². The molecule has 0 heterocycles. The first-order valence-electron chi connectivity index (χ1n) is 7.99. The quantitative estimate of drug-likeness (QED) is 0.403. The van der Waals surface area contributed by atoms with Crippen molar-refractivity contribution in [2.75, 3.05) is 19.8 Å². The fourth-order valence-corrected chi connectivity index (χ4v) is 5.20. The zero-order valence-corrected chi connectivity index (χ0v) is 15.1. The van der Waals surface area contributed by atoms with Crippen LogP contribution in [0.3, 0.4) is 0 Å². The Morgan fingerprint density at radius 2 is 1.45 bits per heavy atom. The van der Waals surface area contributed by atoms with Gasteiger partial charge in [-0.25, -0.2) is 0 Å². The second kappa shape index (κ2) is 11.4. The van der Waals surface area contributed by atoms with Crippen molar-refractivity contribution < 1.29 is 13.3 Å². The minimum atomic E-state index is -2.58. The highest BCUT2D eigenvalue weighted by Gasteiger charge is 2.46. The van der Waals surface area contributed by atoms with E-state index in [2.05, 4.69) is 25.8 Å². The third kappa shape index (κ3) is 6.97. The predicted molar refractivity (Wildman–Crippen MR) is 87.5 cm³/mol. The topological polar surface area (TPSA) is 40.0 Å². The van der Waals surface area contributed by atoms with Crippen molar-refractivity contribution in [3.05, 3.63) is 0 Å². The molecule has 2 atom stereocenters. The van der Waals surface area contributed by atoms with E-state index in [4.69, 9.17) is 13.3 Å². The molecular weight excluding hydrogens is 270 g/mol. The van der Waals surface area contributed by atoms with Gasteiger partial charge in [0.2, 0.25) is 0 Å². The van der Waals surface area contributed by atoms with Crippen LogP contribution in [-0.2, 0) is 13.3 Å². The Kier molecular flexibility index (Phi) is 11.3. The first kappa shape index (κ1) is 19.8. The van der Waals surface area contributed by atoms with E-state index in [1.54, 1.807) is 0 Å². The molecule has 0 rings (SSSR count). The van der Waals surface area contributed by atoms with Gasteiger partial charge in [0.1, 0.15) is 0 Å². The Labute approximate surface area is 126 Å². The average molecular weight is 304 g/mol. The van der Waals surface area contributed by atoms with E-state index in [1.807, 2.05) is 27.0 Å². The zero-order chi connectivity index (χ0) is 15.4. The minimum Gasteiger partial charge on any atom is -0.374 e. The summed E-state index contributed by atoms with van der Waals surface area (Å²) in [6, 6.07) is 0.282. The molecule has 0 amide bonds. The number of hydrogen-bond acceptors (Lipinski definition) is 4. The first-order valence-corrected chi connectivity index (χ1v) is 9.79. The van der Waals surface area contributed by atoms with Gasteiger partial charge in [-0.05, 0) is 46.8 Å². The Balaban J connectivity index is 4.70. The SMILES string of the molecule is CCCC=NC(C)CC(C)[Si](OCC)(OCC)OCC. The van der Waals surface area contributed by atoms with E-state index in [1.165, 1.54) is 0 Å². The average Bonchev–Trinajstić information content (AvgIpc) is 2.39. The maximum Gasteiger partial charge on any atom is 0.503 e. The molecule has 120 valence electrons. The molecule has 0 fully saturated rings. The van der Waals surface area contributed by atoms with E-state index in [0.717, 1.165) is 19.3 Å². The molecule has 0 saturated heterocycles. The van der Waals surface area contributed by atoms with Gasteiger partial charge >= 0.3 is 8.80 Å². The third-order valence-corrected chi connectivity index (χ3v) is 6.63. The minimum absolute atomic E-state index is 0.260. The van der Waals surface area contributed by atoms with E-state index in [9.17, 15) is 0 Å². The largest absolute Gasteiger partial charge is 0.503 e. The van der Waals surface area contributed by atoms with Crippen molar-refractivity contribution in [1.29, 1.82) is 0 Å². The molecule has 0 N–H and O–H groups in total. The lowest BCUT2D eigenvalue weighted by Gasteiger charge is -2.34. The fourth-order valence-electron chi connectivity index (χ4n) is 2.26. The summed E-state index contributed by atoms with van der Waals surface area (Å²) in [6.45, 7) is 14.3. The Morgan fingerprint density at radius 1 is 0.950 bits per heavy atom. The van der Waals surface area contributed by atoms with Gasteiger partial charge in [-0.1, -0.05) is 20.3 Å². The van der Waals surface area contributed by atoms with Crippen LogP contribution in [0.15, 0.2) is 4.99 Å². The summed E-state index contributed by atoms with van der Waals surface area (Å²) >= 11 is 0. The van der Waals surface area contributed by atoms with Crippen LogP contribution in [0.2, 0.25) is 5.54 Å². The molecular formula is C15H33NO3Si. The molecule has 0 aromatic carbocycles. The van der Waals surface area contributed by atoms with Crippen LogP contribution in [0.5, 0.6) is 0 Å². The fraction of sp³-hybridized carbons (Fsp3) is 0.933. The number of hydrogen-bond donors (Lipinski definition) is 0. The second-order valence-electron chi connectivity index (χ2n) is 5.01. The highest BCUT2D eigenvalue weighted by molar-refractivity contribution is 6.62. The summed E-state index contributed by atoms with van der Waals surface area (Å²) in [5.41, 5.74) is 0.260. The summed E-state index contributed by atoms with van der Waals surface area (Å²) in [6.07, 6.45) is 5.15. The van der Waals surface area contributed by atoms with Crippen molar-refractivity contribution in [3.8, 4) is 0 Å². The second-order valence-corrected chi connectivity index (χ2v) is 8.07. The molecule has 0 saturated carbocycles. The third-order valence-electron chi connectivity index (χ3n) is 3.11. The van der Waals surface area contributed by atoms with Gasteiger partial charge in [-0.15, -0.1) is 0 Å². The van der Waals surface area contributed by atoms with Crippen molar-refractivity contribution in [2.24, 2.45) is 4.99 Å². The molecule has 2 unspecified atom stereocenters. The molecule has 4 nitrogen and oxygen atoms in total. The Bertz CT molecular complexity index is 244. The highest BCUT2D eigenvalue weighted by atomic mass is 28.4. The lowest BCUT2D eigenvalue weighted by atomic mass is 10.2. The van der Waals surface area contributed by atoms with Crippen LogP contribution in [0.4, 0.5) is 0 Å². The standard InChI is InChI=1S/C15H33NO3Si/c1-7-11-12-16-14(5)13-15(6)20(17-8-2,18-9-3)19-10-4/h12,14-15H,7-11,13H2,1-6H3. The highest BCUT2D eigenvalue weighted by Crippen LogP contribution is 2.30. The molecule has 0 aliphatic heterocycles. The molecule has 5 heteroatoms. The van der Waals surface area contributed by atoms with E-state index in [-0.39, 0.29) is 11.6 Å². The summed E-state index contributed by atoms with van der Waals surface area (Å²) in [5.74, 6) is 0. The van der Waals surface area contributed by atoms with Crippen LogP contribution in [0.1, 0.15) is 60.8 Å². The van der Waals surface area contributed by atoms with Crippen LogP contribution in [0.25, 0.3) is 0 Å². The summed E-state index contributed by atoms with van der Waals surface area (Å²) < 4.78 is 17.8. The number of nitrogens with zero attached hydrogens (tertiary/aromatic N) is 1. The number of unbranched alkanes of at least 4 members (excludes halogenated alkanes) is 1. The maximum absolute atomic E-state index is 5.94. The first-order chi connectivity index (χ1) is 9.56. The van der Waals surface area contributed by atoms with Crippen molar-refractivity contribution in [2.45, 2.75) is 72.4 Å². The van der Waals surface area contributed by atoms with Gasteiger partial charge < -0.3 is 13.3 Å². The van der Waals surface area contributed by atoms with Crippen LogP contribution in [0, 0.1) is 0 Å². The van der Waals surface area contributed by atoms with Gasteiger partial charge in [0, 0.05) is 31.4 Å². The molecule has 0 aliphatic carbocycles. The summed E-state index contributed by atoms with van der Waals surface area (Å²) in [5, 5.41) is 0. The Hall–Kier alpha value is -0.233. The van der Waals surface area contributed by atoms with Gasteiger partial charge in [-0.3, -0.25) is 4.99 Å². The molecule has 0 spiro atoms. The molecule has 0 aliphatic rings. The van der Waals surface area contributed by atoms with E-state index < -0.39 is 8.80 Å². The number of aliphatic imine (C=N–C) groups is 1. The zero-order valence-electron chi connectivity index (χ0n) is 14.1. The number of rotatable bonds is 12. The van der Waals surface area contributed by atoms with Crippen LogP contribution >= 0.6 is 0 Å². The lowest BCUT2D eigenvalue weighted by Crippen LogP contribution is -2.50. The van der Waals surface area contributed by atoms with E-state index >= 15 is 0 Å². The van der Waals surface area contributed by atoms with Gasteiger partial charge in [0.15, 0.2) is 0 Å². The van der Waals surface area contributed by atoms with Gasteiger partial charge in [0.05, 0.1) is 0 Å². The van der Waals surface area contributed by atoms with Crippen LogP contribution in [-0.4, -0.2) is 40.9 Å². The normalized spacial score (nSPS) is 15.7. The molecule has 0 radical (unpaired) electrons. The van der Waals surface area contributed by atoms with Crippen LogP contribution < -0.4 is 0 Å². The van der Waals surface area contributed by atoms with Gasteiger partial charge in [0.25, 0.3) is 0 Å².